The highest BCUT2D eigenvalue weighted by Gasteiger charge is 2.51. The lowest BCUT2D eigenvalue weighted by molar-refractivity contribution is -0.134. The van der Waals surface area contributed by atoms with Crippen LogP contribution in [0.2, 0.25) is 5.02 Å². The minimum absolute atomic E-state index is 0.292. The number of carbonyl (C=O) groups excluding carboxylic acids is 3. The molecule has 1 atom stereocenters. The highest BCUT2D eigenvalue weighted by molar-refractivity contribution is 6.32. The fourth-order valence-electron chi connectivity index (χ4n) is 2.66. The molecule has 3 rings (SSSR count). The third-order valence-corrected chi connectivity index (χ3v) is 4.32. The highest BCUT2D eigenvalue weighted by atomic mass is 35.5. The van der Waals surface area contributed by atoms with E-state index in [9.17, 15) is 14.4 Å². The van der Waals surface area contributed by atoms with E-state index in [0.29, 0.717) is 22.2 Å². The Morgan fingerprint density at radius 1 is 1.38 bits per heavy atom. The van der Waals surface area contributed by atoms with E-state index in [2.05, 4.69) is 10.6 Å². The molecule has 26 heavy (non-hydrogen) atoms. The second-order valence-corrected chi connectivity index (χ2v) is 6.23. The van der Waals surface area contributed by atoms with E-state index in [0.717, 1.165) is 4.90 Å². The third-order valence-electron chi connectivity index (χ3n) is 4.03. The van der Waals surface area contributed by atoms with E-state index in [1.807, 2.05) is 0 Å². The van der Waals surface area contributed by atoms with E-state index in [1.54, 1.807) is 24.3 Å². The number of halogens is 1. The molecule has 2 heterocycles. The topological polar surface area (TPSA) is 101 Å². The van der Waals surface area contributed by atoms with Gasteiger partial charge in [-0.25, -0.2) is 4.79 Å². The molecule has 1 aliphatic heterocycles. The van der Waals surface area contributed by atoms with Gasteiger partial charge in [0.05, 0.1) is 18.4 Å². The van der Waals surface area contributed by atoms with Crippen molar-refractivity contribution in [1.82, 2.24) is 10.2 Å². The number of benzene rings is 1. The summed E-state index contributed by atoms with van der Waals surface area (Å²) in [5, 5.41) is 5.46. The van der Waals surface area contributed by atoms with Crippen LogP contribution in [0.3, 0.4) is 0 Å². The number of hydrogen-bond donors (Lipinski definition) is 2. The standard InChI is InChI=1S/C17H16ClN3O5/c1-17(13-4-3-7-26-13)15(23)21(16(24)20-17)9-14(22)19-10-5-6-12(25-2)11(18)8-10/h3-8H,9H2,1-2H3,(H,19,22)(H,20,24)/t17-/m0/s1. The smallest absolute Gasteiger partial charge is 0.325 e. The summed E-state index contributed by atoms with van der Waals surface area (Å²) in [5.74, 6) is -0.354. The lowest BCUT2D eigenvalue weighted by Crippen LogP contribution is -2.41. The third kappa shape index (κ3) is 3.11. The Balaban J connectivity index is 1.70. The number of amides is 4. The number of carbonyl (C=O) groups is 3. The predicted molar refractivity (Wildman–Crippen MR) is 92.9 cm³/mol. The Labute approximate surface area is 154 Å². The van der Waals surface area contributed by atoms with Gasteiger partial charge in [-0.3, -0.25) is 14.5 Å². The second-order valence-electron chi connectivity index (χ2n) is 5.82. The van der Waals surface area contributed by atoms with E-state index < -0.39 is 29.9 Å². The predicted octanol–water partition coefficient (Wildman–Crippen LogP) is 2.35. The van der Waals surface area contributed by atoms with Crippen LogP contribution < -0.4 is 15.4 Å². The molecule has 136 valence electrons. The molecule has 0 unspecified atom stereocenters. The lowest BCUT2D eigenvalue weighted by atomic mass is 9.99. The van der Waals surface area contributed by atoms with Gasteiger partial charge in [-0.1, -0.05) is 11.6 Å². The van der Waals surface area contributed by atoms with E-state index in [4.69, 9.17) is 20.8 Å². The summed E-state index contributed by atoms with van der Waals surface area (Å²) in [4.78, 5) is 37.9. The van der Waals surface area contributed by atoms with Crippen molar-refractivity contribution in [1.29, 1.82) is 0 Å². The molecule has 0 spiro atoms. The minimum Gasteiger partial charge on any atom is -0.495 e. The summed E-state index contributed by atoms with van der Waals surface area (Å²) in [6.07, 6.45) is 1.41. The van der Waals surface area contributed by atoms with Crippen LogP contribution in [0.5, 0.6) is 5.75 Å². The Morgan fingerprint density at radius 2 is 2.15 bits per heavy atom. The number of ether oxygens (including phenoxy) is 1. The van der Waals surface area contributed by atoms with Gasteiger partial charge in [-0.2, -0.15) is 0 Å². The van der Waals surface area contributed by atoms with Crippen LogP contribution in [-0.2, 0) is 15.1 Å². The minimum atomic E-state index is -1.34. The fraction of sp³-hybridized carbons (Fsp3) is 0.235. The quantitative estimate of drug-likeness (QED) is 0.779. The Bertz CT molecular complexity index is 867. The zero-order chi connectivity index (χ0) is 18.9. The average Bonchev–Trinajstić information content (AvgIpc) is 3.20. The number of nitrogens with zero attached hydrogens (tertiary/aromatic N) is 1. The number of anilines is 1. The molecule has 8 nitrogen and oxygen atoms in total. The summed E-state index contributed by atoms with van der Waals surface area (Å²) in [6, 6.07) is 7.24. The zero-order valence-electron chi connectivity index (χ0n) is 14.0. The van der Waals surface area contributed by atoms with Crippen molar-refractivity contribution in [3.05, 3.63) is 47.4 Å². The molecule has 1 aliphatic rings. The van der Waals surface area contributed by atoms with Gasteiger partial charge in [0.1, 0.15) is 18.1 Å². The number of methoxy groups -OCH3 is 1. The summed E-state index contributed by atoms with van der Waals surface area (Å²) in [7, 11) is 1.48. The van der Waals surface area contributed by atoms with Crippen LogP contribution >= 0.6 is 11.6 Å². The van der Waals surface area contributed by atoms with Crippen molar-refractivity contribution in [2.45, 2.75) is 12.5 Å². The molecular formula is C17H16ClN3O5. The first-order valence-corrected chi connectivity index (χ1v) is 8.04. The van der Waals surface area contributed by atoms with Crippen molar-refractivity contribution in [3.8, 4) is 5.75 Å². The van der Waals surface area contributed by atoms with Gasteiger partial charge in [0, 0.05) is 5.69 Å². The maximum Gasteiger partial charge on any atom is 0.325 e. The van der Waals surface area contributed by atoms with Gasteiger partial charge < -0.3 is 19.8 Å². The molecule has 0 aliphatic carbocycles. The average molecular weight is 378 g/mol. The number of nitrogens with one attached hydrogen (secondary N) is 2. The van der Waals surface area contributed by atoms with Gasteiger partial charge >= 0.3 is 6.03 Å². The summed E-state index contributed by atoms with van der Waals surface area (Å²) in [6.45, 7) is 1.08. The molecule has 1 aromatic carbocycles. The number of imide groups is 1. The maximum atomic E-state index is 12.6. The van der Waals surface area contributed by atoms with Gasteiger partial charge in [0.15, 0.2) is 5.54 Å². The summed E-state index contributed by atoms with van der Waals surface area (Å²) < 4.78 is 10.3. The first kappa shape index (κ1) is 17.8. The van der Waals surface area contributed by atoms with Gasteiger partial charge in [0.2, 0.25) is 5.91 Å². The Hall–Kier alpha value is -3.00. The number of furan rings is 1. The zero-order valence-corrected chi connectivity index (χ0v) is 14.8. The Kier molecular flexibility index (Phi) is 4.60. The van der Waals surface area contributed by atoms with Crippen molar-refractivity contribution < 1.29 is 23.5 Å². The van der Waals surface area contributed by atoms with Crippen LogP contribution in [0.4, 0.5) is 10.5 Å². The molecule has 2 N–H and O–H groups in total. The normalized spacial score (nSPS) is 19.4. The van der Waals surface area contributed by atoms with Crippen molar-refractivity contribution in [3.63, 3.8) is 0 Å². The van der Waals surface area contributed by atoms with E-state index >= 15 is 0 Å². The second kappa shape index (κ2) is 6.72. The molecule has 0 saturated carbocycles. The van der Waals surface area contributed by atoms with Crippen LogP contribution in [0.1, 0.15) is 12.7 Å². The molecular weight excluding hydrogens is 362 g/mol. The van der Waals surface area contributed by atoms with Crippen molar-refractivity contribution in [2.75, 3.05) is 19.0 Å². The largest absolute Gasteiger partial charge is 0.495 e. The molecule has 1 aromatic heterocycles. The SMILES string of the molecule is COc1ccc(NC(=O)CN2C(=O)N[C@@](C)(c3ccco3)C2=O)cc1Cl. The van der Waals surface area contributed by atoms with Crippen LogP contribution in [-0.4, -0.2) is 36.4 Å². The number of urea groups is 1. The molecule has 9 heteroatoms. The van der Waals surface area contributed by atoms with Crippen LogP contribution in [0.15, 0.2) is 41.0 Å². The number of rotatable bonds is 5. The van der Waals surface area contributed by atoms with Crippen LogP contribution in [0.25, 0.3) is 0 Å². The molecule has 0 radical (unpaired) electrons. The van der Waals surface area contributed by atoms with Gasteiger partial charge in [-0.05, 0) is 37.3 Å². The van der Waals surface area contributed by atoms with E-state index in [-0.39, 0.29) is 0 Å². The first-order valence-electron chi connectivity index (χ1n) is 7.66. The van der Waals surface area contributed by atoms with Crippen LogP contribution in [0, 0.1) is 0 Å². The fourth-order valence-corrected chi connectivity index (χ4v) is 2.92. The molecule has 1 fully saturated rings. The molecule has 1 saturated heterocycles. The number of hydrogen-bond acceptors (Lipinski definition) is 5. The molecule has 2 aromatic rings. The summed E-state index contributed by atoms with van der Waals surface area (Å²) >= 11 is 6.01. The monoisotopic (exact) mass is 377 g/mol. The van der Waals surface area contributed by atoms with Gasteiger partial charge in [0.25, 0.3) is 5.91 Å². The van der Waals surface area contributed by atoms with Crippen molar-refractivity contribution in [2.24, 2.45) is 0 Å². The molecule has 0 bridgehead atoms. The lowest BCUT2D eigenvalue weighted by Gasteiger charge is -2.18. The molecule has 4 amide bonds. The Morgan fingerprint density at radius 3 is 2.77 bits per heavy atom. The van der Waals surface area contributed by atoms with E-state index in [1.165, 1.54) is 26.4 Å². The highest BCUT2D eigenvalue weighted by Crippen LogP contribution is 2.29. The van der Waals surface area contributed by atoms with Gasteiger partial charge in [-0.15, -0.1) is 0 Å². The maximum absolute atomic E-state index is 12.6. The first-order chi connectivity index (χ1) is 12.3. The van der Waals surface area contributed by atoms with Crippen molar-refractivity contribution >= 4 is 35.1 Å². The summed E-state index contributed by atoms with van der Waals surface area (Å²) in [5.41, 5.74) is -0.925.